The van der Waals surface area contributed by atoms with Crippen molar-refractivity contribution in [3.8, 4) is 23.0 Å². The molecule has 272 valence electrons. The lowest BCUT2D eigenvalue weighted by Gasteiger charge is -2.29. The number of nitrogens with one attached hydrogen (secondary N) is 2. The number of benzene rings is 2. The molecule has 2 aromatic heterocycles. The molecule has 1 atom stereocenters. The molecule has 0 unspecified atom stereocenters. The number of aromatic nitrogens is 3. The van der Waals surface area contributed by atoms with Crippen molar-refractivity contribution in [3.05, 3.63) is 105 Å². The predicted molar refractivity (Wildman–Crippen MR) is 169 cm³/mol. The van der Waals surface area contributed by atoms with Crippen molar-refractivity contribution in [3.63, 3.8) is 0 Å². The van der Waals surface area contributed by atoms with Crippen molar-refractivity contribution >= 4 is 11.8 Å². The van der Waals surface area contributed by atoms with Crippen LogP contribution in [-0.2, 0) is 36.1 Å². The molecule has 3 N–H and O–H groups in total. The second kappa shape index (κ2) is 13.4. The summed E-state index contributed by atoms with van der Waals surface area (Å²) >= 11 is 0. The van der Waals surface area contributed by atoms with Crippen LogP contribution in [0, 0.1) is 23.5 Å². The molecule has 0 radical (unpaired) electrons. The fourth-order valence-electron chi connectivity index (χ4n) is 6.25. The van der Waals surface area contributed by atoms with Crippen molar-refractivity contribution in [1.29, 1.82) is 0 Å². The Hall–Kier alpha value is -5.30. The molecule has 0 bridgehead atoms. The van der Waals surface area contributed by atoms with Crippen LogP contribution in [0.2, 0.25) is 0 Å². The lowest BCUT2D eigenvalue weighted by Crippen LogP contribution is -2.37. The molecule has 2 amide bonds. The first-order chi connectivity index (χ1) is 24.3. The van der Waals surface area contributed by atoms with E-state index in [9.17, 15) is 41.0 Å². The van der Waals surface area contributed by atoms with E-state index in [1.54, 1.807) is 18.2 Å². The number of rotatable bonds is 8. The Kier molecular flexibility index (Phi) is 9.37. The summed E-state index contributed by atoms with van der Waals surface area (Å²) in [5.74, 6) is -6.11. The molecule has 0 fully saturated rings. The number of carbonyl (C=O) groups excluding carboxylic acids is 2. The topological polar surface area (TPSA) is 109 Å². The third-order valence-electron chi connectivity index (χ3n) is 8.51. The summed E-state index contributed by atoms with van der Waals surface area (Å²) in [6.45, 7) is 1.96. The van der Waals surface area contributed by atoms with Gasteiger partial charge in [0.05, 0.1) is 17.3 Å². The highest BCUT2D eigenvalue weighted by Crippen LogP contribution is 2.52. The van der Waals surface area contributed by atoms with Crippen LogP contribution in [0.15, 0.2) is 48.7 Å². The fraction of sp³-hybridized carbons (Fsp3) is 0.333. The smallest absolute Gasteiger partial charge is 0.290 e. The van der Waals surface area contributed by atoms with E-state index in [1.165, 1.54) is 26.1 Å². The van der Waals surface area contributed by atoms with Gasteiger partial charge in [-0.2, -0.15) is 13.9 Å². The van der Waals surface area contributed by atoms with E-state index in [4.69, 9.17) is 0 Å². The number of alkyl halides is 6. The van der Waals surface area contributed by atoms with Gasteiger partial charge in [0, 0.05) is 48.3 Å². The Morgan fingerprint density at radius 3 is 2.38 bits per heavy atom. The second-order valence-electron chi connectivity index (χ2n) is 13.1. The van der Waals surface area contributed by atoms with E-state index in [1.807, 2.05) is 0 Å². The minimum absolute atomic E-state index is 0.0115. The van der Waals surface area contributed by atoms with Gasteiger partial charge in [0.25, 0.3) is 24.2 Å². The number of amides is 2. The maximum absolute atomic E-state index is 15.0. The SMILES string of the molecule is CC(C)(O)C#Cc1cnc([C@H](Cc2cc(F)cc(F)c2)NC(=O)Cn2nc(C(F)F)c3c2C(F)(F)CCC3(F)F)c(-c2ccc3c(c2)C(=O)NC3)c1. The number of halogens is 8. The summed E-state index contributed by atoms with van der Waals surface area (Å²) in [5.41, 5.74) is -4.13. The Bertz CT molecular complexity index is 2130. The lowest BCUT2D eigenvalue weighted by molar-refractivity contribution is -0.123. The van der Waals surface area contributed by atoms with Crippen molar-refractivity contribution in [2.45, 2.75) is 76.1 Å². The number of hydrogen-bond donors (Lipinski definition) is 3. The molecule has 0 spiro atoms. The lowest BCUT2D eigenvalue weighted by atomic mass is 9.89. The molecular weight excluding hydrogens is 702 g/mol. The van der Waals surface area contributed by atoms with Crippen LogP contribution in [0.3, 0.4) is 0 Å². The van der Waals surface area contributed by atoms with Gasteiger partial charge in [0.15, 0.2) is 0 Å². The number of nitrogens with zero attached hydrogens (tertiary/aromatic N) is 3. The molecule has 4 aromatic rings. The molecule has 16 heteroatoms. The first-order valence-corrected chi connectivity index (χ1v) is 15.9. The molecule has 2 aromatic carbocycles. The van der Waals surface area contributed by atoms with E-state index in [0.29, 0.717) is 22.8 Å². The summed E-state index contributed by atoms with van der Waals surface area (Å²) in [4.78, 5) is 30.6. The van der Waals surface area contributed by atoms with Crippen LogP contribution in [-0.4, -0.2) is 37.3 Å². The maximum atomic E-state index is 15.0. The van der Waals surface area contributed by atoms with Crippen LogP contribution in [0.5, 0.6) is 0 Å². The highest BCUT2D eigenvalue weighted by molar-refractivity contribution is 5.99. The zero-order valence-corrected chi connectivity index (χ0v) is 27.4. The summed E-state index contributed by atoms with van der Waals surface area (Å²) in [7, 11) is 0. The molecule has 3 heterocycles. The van der Waals surface area contributed by atoms with Gasteiger partial charge >= 0.3 is 0 Å². The average molecular weight is 732 g/mol. The predicted octanol–water partition coefficient (Wildman–Crippen LogP) is 6.60. The van der Waals surface area contributed by atoms with Crippen molar-refractivity contribution in [2.75, 3.05) is 0 Å². The normalized spacial score (nSPS) is 16.4. The molecule has 52 heavy (non-hydrogen) atoms. The van der Waals surface area contributed by atoms with Gasteiger partial charge in [-0.25, -0.2) is 26.3 Å². The van der Waals surface area contributed by atoms with Crippen molar-refractivity contribution in [2.24, 2.45) is 0 Å². The van der Waals surface area contributed by atoms with Crippen LogP contribution < -0.4 is 10.6 Å². The molecule has 0 saturated carbocycles. The van der Waals surface area contributed by atoms with Crippen LogP contribution in [0.25, 0.3) is 11.1 Å². The van der Waals surface area contributed by atoms with Gasteiger partial charge < -0.3 is 15.7 Å². The Balaban J connectivity index is 1.46. The van der Waals surface area contributed by atoms with Gasteiger partial charge in [-0.05, 0) is 61.2 Å². The third kappa shape index (κ3) is 7.50. The Morgan fingerprint density at radius 1 is 1.02 bits per heavy atom. The van der Waals surface area contributed by atoms with Gasteiger partial charge in [0.2, 0.25) is 5.91 Å². The molecule has 2 aliphatic rings. The molecule has 0 saturated heterocycles. The molecule has 1 aliphatic heterocycles. The van der Waals surface area contributed by atoms with E-state index in [0.717, 1.165) is 12.1 Å². The zero-order valence-electron chi connectivity index (χ0n) is 27.4. The monoisotopic (exact) mass is 731 g/mol. The van der Waals surface area contributed by atoms with E-state index >= 15 is 8.78 Å². The number of hydrogen-bond acceptors (Lipinski definition) is 5. The number of carbonyl (C=O) groups is 2. The van der Waals surface area contributed by atoms with Crippen molar-refractivity contribution < 1.29 is 49.8 Å². The minimum atomic E-state index is -4.07. The second-order valence-corrected chi connectivity index (χ2v) is 13.1. The Morgan fingerprint density at radius 2 is 1.71 bits per heavy atom. The summed E-state index contributed by atoms with van der Waals surface area (Å²) in [5, 5.41) is 18.7. The zero-order chi connectivity index (χ0) is 37.7. The molecular formula is C36H29F8N5O3. The number of fused-ring (bicyclic) bond motifs is 2. The van der Waals surface area contributed by atoms with Gasteiger partial charge in [0.1, 0.15) is 35.2 Å². The van der Waals surface area contributed by atoms with E-state index in [-0.39, 0.29) is 45.9 Å². The van der Waals surface area contributed by atoms with Gasteiger partial charge in [-0.15, -0.1) is 0 Å². The highest BCUT2D eigenvalue weighted by Gasteiger charge is 2.55. The van der Waals surface area contributed by atoms with E-state index < -0.39 is 83.8 Å². The van der Waals surface area contributed by atoms with Gasteiger partial charge in [-0.1, -0.05) is 24.0 Å². The van der Waals surface area contributed by atoms with Crippen molar-refractivity contribution in [1.82, 2.24) is 25.4 Å². The first kappa shape index (κ1) is 36.5. The largest absolute Gasteiger partial charge is 0.378 e. The number of pyridine rings is 1. The first-order valence-electron chi connectivity index (χ1n) is 15.9. The quantitative estimate of drug-likeness (QED) is 0.140. The minimum Gasteiger partial charge on any atom is -0.378 e. The van der Waals surface area contributed by atoms with Crippen LogP contribution in [0.4, 0.5) is 35.1 Å². The third-order valence-corrected chi connectivity index (χ3v) is 8.51. The fourth-order valence-corrected chi connectivity index (χ4v) is 6.25. The van der Waals surface area contributed by atoms with Gasteiger partial charge in [-0.3, -0.25) is 19.3 Å². The average Bonchev–Trinajstić information content (AvgIpc) is 3.63. The standard InChI is InChI=1S/C36H29F8N5O3/c1-34(2,52)6-5-18-11-24(20-3-4-21-16-46-33(51)25(21)13-20)29(45-15-18)26(12-19-9-22(37)14-23(38)10-19)47-27(50)17-49-31-28(30(48-49)32(39)40)35(41,42)7-8-36(31,43)44/h3-4,9-11,13-15,26,32,52H,7-8,12,16-17H2,1-2H3,(H,46,51)(H,47,50)/t26-/m0/s1. The Labute approximate surface area is 291 Å². The summed E-state index contributed by atoms with van der Waals surface area (Å²) < 4.78 is 116. The van der Waals surface area contributed by atoms with E-state index in [2.05, 4.69) is 32.6 Å². The summed E-state index contributed by atoms with van der Waals surface area (Å²) in [6.07, 6.45) is -5.54. The molecule has 8 nitrogen and oxygen atoms in total. The molecule has 1 aliphatic carbocycles. The van der Waals surface area contributed by atoms with Crippen LogP contribution in [0.1, 0.15) is 88.8 Å². The van der Waals surface area contributed by atoms with Crippen LogP contribution >= 0.6 is 0 Å². The molecule has 6 rings (SSSR count). The number of aliphatic hydroxyl groups is 1. The summed E-state index contributed by atoms with van der Waals surface area (Å²) in [6, 6.07) is 7.65. The maximum Gasteiger partial charge on any atom is 0.290 e. The highest BCUT2D eigenvalue weighted by atomic mass is 19.3.